The summed E-state index contributed by atoms with van der Waals surface area (Å²) in [6.45, 7) is 0. The maximum absolute atomic E-state index is 12.7. The van der Waals surface area contributed by atoms with E-state index in [1.54, 1.807) is 24.3 Å². The van der Waals surface area contributed by atoms with Gasteiger partial charge in [0.25, 0.3) is 0 Å². The summed E-state index contributed by atoms with van der Waals surface area (Å²) in [6.07, 6.45) is 0. The summed E-state index contributed by atoms with van der Waals surface area (Å²) in [6, 6.07) is 8.16. The fourth-order valence-corrected chi connectivity index (χ4v) is 0.947. The van der Waals surface area contributed by atoms with E-state index >= 15 is 0 Å². The lowest BCUT2D eigenvalue weighted by molar-refractivity contribution is 0.273. The van der Waals surface area contributed by atoms with Crippen molar-refractivity contribution in [3.8, 4) is 11.3 Å². The van der Waals surface area contributed by atoms with Crippen molar-refractivity contribution in [2.24, 2.45) is 0 Å². The third kappa shape index (κ3) is 1.07. The average Bonchev–Trinajstić information content (AvgIpc) is 2.53. The van der Waals surface area contributed by atoms with Gasteiger partial charge in [0.2, 0.25) is 0 Å². The second kappa shape index (κ2) is 2.73. The summed E-state index contributed by atoms with van der Waals surface area (Å²) < 4.78 is 16.9. The van der Waals surface area contributed by atoms with Gasteiger partial charge in [-0.3, -0.25) is 0 Å². The lowest BCUT2D eigenvalue weighted by atomic mass is 10.2. The normalized spacial score (nSPS) is 10.1. The summed E-state index contributed by atoms with van der Waals surface area (Å²) in [4.78, 5) is 0. The predicted octanol–water partition coefficient (Wildman–Crippen LogP) is 1.88. The molecule has 0 spiro atoms. The van der Waals surface area contributed by atoms with Crippen LogP contribution < -0.4 is 0 Å². The highest BCUT2D eigenvalue weighted by Gasteiger charge is 2.09. The Labute approximate surface area is 67.8 Å². The molecule has 0 fully saturated rings. The Kier molecular flexibility index (Phi) is 1.59. The maximum Gasteiger partial charge on any atom is 0.334 e. The molecular weight excluding hydrogens is 159 g/mol. The van der Waals surface area contributed by atoms with Gasteiger partial charge in [0.15, 0.2) is 5.69 Å². The molecule has 0 amide bonds. The third-order valence-corrected chi connectivity index (χ3v) is 1.50. The number of aromatic nitrogens is 2. The van der Waals surface area contributed by atoms with Crippen LogP contribution in [0.15, 0.2) is 34.9 Å². The molecule has 0 radical (unpaired) electrons. The van der Waals surface area contributed by atoms with Crippen molar-refractivity contribution in [3.05, 3.63) is 36.3 Å². The molecule has 0 atom stereocenters. The average molecular weight is 164 g/mol. The Morgan fingerprint density at radius 3 is 2.50 bits per heavy atom. The molecule has 2 aromatic rings. The molecular formula is C8H5FN2O. The zero-order chi connectivity index (χ0) is 8.39. The number of nitrogens with zero attached hydrogens (tertiary/aromatic N) is 2. The van der Waals surface area contributed by atoms with Crippen molar-refractivity contribution >= 4 is 0 Å². The van der Waals surface area contributed by atoms with Crippen LogP contribution >= 0.6 is 0 Å². The molecule has 0 aliphatic rings. The van der Waals surface area contributed by atoms with Crippen molar-refractivity contribution in [3.63, 3.8) is 0 Å². The predicted molar refractivity (Wildman–Crippen MR) is 39.7 cm³/mol. The van der Waals surface area contributed by atoms with Crippen LogP contribution in [0.2, 0.25) is 0 Å². The molecule has 0 N–H and O–H groups in total. The molecule has 1 aromatic heterocycles. The Morgan fingerprint density at radius 1 is 1.17 bits per heavy atom. The first-order valence-corrected chi connectivity index (χ1v) is 3.41. The van der Waals surface area contributed by atoms with Gasteiger partial charge in [0.05, 0.1) is 0 Å². The minimum Gasteiger partial charge on any atom is -0.305 e. The molecule has 0 saturated carbocycles. The molecule has 2 rings (SSSR count). The first kappa shape index (κ1) is 6.97. The lowest BCUT2D eigenvalue weighted by Crippen LogP contribution is -1.79. The Morgan fingerprint density at radius 2 is 1.92 bits per heavy atom. The highest BCUT2D eigenvalue weighted by atomic mass is 19.1. The van der Waals surface area contributed by atoms with E-state index in [2.05, 4.69) is 14.9 Å². The van der Waals surface area contributed by atoms with Crippen LogP contribution in [0.3, 0.4) is 0 Å². The van der Waals surface area contributed by atoms with Crippen LogP contribution in [0, 0.1) is 6.01 Å². The van der Waals surface area contributed by atoms with E-state index in [0.717, 1.165) is 0 Å². The summed E-state index contributed by atoms with van der Waals surface area (Å²) in [7, 11) is 0. The van der Waals surface area contributed by atoms with Gasteiger partial charge in [-0.15, -0.1) is 5.10 Å². The SMILES string of the molecule is Fc1onnc1-c1ccccc1. The van der Waals surface area contributed by atoms with Crippen molar-refractivity contribution < 1.29 is 8.91 Å². The fourth-order valence-electron chi connectivity index (χ4n) is 0.947. The van der Waals surface area contributed by atoms with Crippen LogP contribution in [0.4, 0.5) is 4.39 Å². The van der Waals surface area contributed by atoms with Gasteiger partial charge in [0, 0.05) is 10.8 Å². The Hall–Kier alpha value is -1.71. The lowest BCUT2D eigenvalue weighted by Gasteiger charge is -1.91. The summed E-state index contributed by atoms with van der Waals surface area (Å²) in [5.41, 5.74) is 0.812. The van der Waals surface area contributed by atoms with Crippen LogP contribution in [0.25, 0.3) is 11.3 Å². The van der Waals surface area contributed by atoms with Gasteiger partial charge in [-0.2, -0.15) is 4.39 Å². The van der Waals surface area contributed by atoms with E-state index < -0.39 is 6.01 Å². The molecule has 0 aliphatic heterocycles. The van der Waals surface area contributed by atoms with E-state index in [9.17, 15) is 4.39 Å². The monoisotopic (exact) mass is 164 g/mol. The van der Waals surface area contributed by atoms with Crippen LogP contribution in [-0.4, -0.2) is 10.4 Å². The molecule has 1 heterocycles. The maximum atomic E-state index is 12.7. The third-order valence-electron chi connectivity index (χ3n) is 1.50. The zero-order valence-corrected chi connectivity index (χ0v) is 6.07. The smallest absolute Gasteiger partial charge is 0.305 e. The molecule has 0 bridgehead atoms. The number of benzene rings is 1. The van der Waals surface area contributed by atoms with Gasteiger partial charge in [-0.1, -0.05) is 30.3 Å². The minimum absolute atomic E-state index is 0.149. The standard InChI is InChI=1S/C8H5FN2O/c9-8-7(10-11-12-8)6-4-2-1-3-5-6/h1-5H. The van der Waals surface area contributed by atoms with Gasteiger partial charge >= 0.3 is 6.01 Å². The van der Waals surface area contributed by atoms with Gasteiger partial charge < -0.3 is 4.52 Å². The topological polar surface area (TPSA) is 38.9 Å². The molecule has 12 heavy (non-hydrogen) atoms. The number of halogens is 1. The summed E-state index contributed by atoms with van der Waals surface area (Å²) in [5.74, 6) is 0. The number of rotatable bonds is 1. The number of hydrogen-bond donors (Lipinski definition) is 0. The highest BCUT2D eigenvalue weighted by molar-refractivity contribution is 5.57. The fraction of sp³-hybridized carbons (Fsp3) is 0. The van der Waals surface area contributed by atoms with Crippen LogP contribution in [-0.2, 0) is 0 Å². The Balaban J connectivity index is 2.51. The van der Waals surface area contributed by atoms with Crippen molar-refractivity contribution in [2.75, 3.05) is 0 Å². The Bertz CT molecular complexity index is 372. The van der Waals surface area contributed by atoms with Crippen LogP contribution in [0.1, 0.15) is 0 Å². The first-order valence-electron chi connectivity index (χ1n) is 3.41. The molecule has 0 saturated heterocycles. The van der Waals surface area contributed by atoms with E-state index in [1.165, 1.54) is 0 Å². The quantitative estimate of drug-likeness (QED) is 0.645. The van der Waals surface area contributed by atoms with Gasteiger partial charge in [-0.25, -0.2) is 0 Å². The summed E-state index contributed by atoms with van der Waals surface area (Å²) in [5, 5.41) is 6.59. The molecule has 1 aromatic carbocycles. The van der Waals surface area contributed by atoms with Crippen molar-refractivity contribution in [2.45, 2.75) is 0 Å². The van der Waals surface area contributed by atoms with Crippen molar-refractivity contribution in [1.29, 1.82) is 0 Å². The van der Waals surface area contributed by atoms with E-state index in [1.807, 2.05) is 6.07 Å². The van der Waals surface area contributed by atoms with E-state index in [0.29, 0.717) is 5.56 Å². The summed E-state index contributed by atoms with van der Waals surface area (Å²) >= 11 is 0. The molecule has 4 heteroatoms. The second-order valence-electron chi connectivity index (χ2n) is 2.26. The van der Waals surface area contributed by atoms with E-state index in [4.69, 9.17) is 0 Å². The largest absolute Gasteiger partial charge is 0.334 e. The van der Waals surface area contributed by atoms with Crippen molar-refractivity contribution in [1.82, 2.24) is 10.4 Å². The second-order valence-corrected chi connectivity index (χ2v) is 2.26. The molecule has 60 valence electrons. The van der Waals surface area contributed by atoms with E-state index in [-0.39, 0.29) is 5.69 Å². The highest BCUT2D eigenvalue weighted by Crippen LogP contribution is 2.18. The van der Waals surface area contributed by atoms with Gasteiger partial charge in [0.1, 0.15) is 0 Å². The van der Waals surface area contributed by atoms with Gasteiger partial charge in [-0.05, 0) is 0 Å². The zero-order valence-electron chi connectivity index (χ0n) is 6.07. The molecule has 0 unspecified atom stereocenters. The molecule has 3 nitrogen and oxygen atoms in total. The van der Waals surface area contributed by atoms with Crippen LogP contribution in [0.5, 0.6) is 0 Å². The first-order chi connectivity index (χ1) is 5.88. The minimum atomic E-state index is -0.749. The molecule has 0 aliphatic carbocycles. The number of hydrogen-bond acceptors (Lipinski definition) is 3.